The maximum absolute atomic E-state index is 11.6. The Morgan fingerprint density at radius 2 is 2.21 bits per heavy atom. The molecule has 1 fully saturated rings. The summed E-state index contributed by atoms with van der Waals surface area (Å²) in [6.07, 6.45) is 2.57. The Bertz CT molecular complexity index is 418. The Balaban J connectivity index is 0.00000180. The molecule has 1 aliphatic rings. The van der Waals surface area contributed by atoms with Crippen molar-refractivity contribution < 1.29 is 9.32 Å². The Hall–Kier alpha value is -1.14. The molecule has 1 atom stereocenters. The second-order valence-electron chi connectivity index (χ2n) is 5.09. The van der Waals surface area contributed by atoms with Gasteiger partial charge < -0.3 is 15.6 Å². The topological polar surface area (TPSA) is 94.0 Å². The summed E-state index contributed by atoms with van der Waals surface area (Å²) in [4.78, 5) is 16.0. The molecule has 1 aromatic heterocycles. The number of rotatable bonds is 6. The van der Waals surface area contributed by atoms with Crippen LogP contribution in [-0.2, 0) is 4.79 Å². The van der Waals surface area contributed by atoms with Crippen LogP contribution in [0.5, 0.6) is 0 Å². The van der Waals surface area contributed by atoms with E-state index in [-0.39, 0.29) is 30.3 Å². The standard InChI is InChI=1S/C12H20N4O2.ClH/c1-7(2)10(14-9(17)5-6-13)12-15-11(16-18-12)8-3-4-8;/h7-8,10H,3-6,13H2,1-2H3,(H,14,17);1H. The molecule has 19 heavy (non-hydrogen) atoms. The van der Waals surface area contributed by atoms with E-state index in [1.807, 2.05) is 13.8 Å². The first-order chi connectivity index (χ1) is 8.61. The van der Waals surface area contributed by atoms with Gasteiger partial charge in [0.2, 0.25) is 11.8 Å². The minimum absolute atomic E-state index is 0. The van der Waals surface area contributed by atoms with Crippen LogP contribution in [0.3, 0.4) is 0 Å². The highest BCUT2D eigenvalue weighted by Gasteiger charge is 2.31. The predicted molar refractivity (Wildman–Crippen MR) is 72.9 cm³/mol. The van der Waals surface area contributed by atoms with Crippen molar-refractivity contribution in [1.29, 1.82) is 0 Å². The van der Waals surface area contributed by atoms with Crippen LogP contribution in [-0.4, -0.2) is 22.6 Å². The van der Waals surface area contributed by atoms with Gasteiger partial charge in [-0.05, 0) is 18.8 Å². The first-order valence-corrected chi connectivity index (χ1v) is 6.44. The van der Waals surface area contributed by atoms with Crippen LogP contribution >= 0.6 is 12.4 Å². The molecule has 0 aromatic carbocycles. The van der Waals surface area contributed by atoms with Gasteiger partial charge in [-0.2, -0.15) is 4.98 Å². The Morgan fingerprint density at radius 1 is 1.53 bits per heavy atom. The molecule has 1 aromatic rings. The fraction of sp³-hybridized carbons (Fsp3) is 0.750. The van der Waals surface area contributed by atoms with Gasteiger partial charge in [0.15, 0.2) is 5.82 Å². The molecule has 1 amide bonds. The summed E-state index contributed by atoms with van der Waals surface area (Å²) in [5.74, 6) is 1.83. The third kappa shape index (κ3) is 4.18. The van der Waals surface area contributed by atoms with Gasteiger partial charge in [0.05, 0.1) is 0 Å². The second kappa shape index (κ2) is 6.86. The monoisotopic (exact) mass is 288 g/mol. The maximum Gasteiger partial charge on any atom is 0.249 e. The van der Waals surface area contributed by atoms with Crippen LogP contribution in [0.15, 0.2) is 4.52 Å². The van der Waals surface area contributed by atoms with Crippen LogP contribution in [0.2, 0.25) is 0 Å². The van der Waals surface area contributed by atoms with E-state index in [0.717, 1.165) is 18.7 Å². The molecule has 1 unspecified atom stereocenters. The molecule has 2 rings (SSSR count). The zero-order chi connectivity index (χ0) is 13.1. The lowest BCUT2D eigenvalue weighted by atomic mass is 10.0. The number of amides is 1. The Kier molecular flexibility index (Phi) is 5.75. The predicted octanol–water partition coefficient (Wildman–Crippen LogP) is 1.53. The van der Waals surface area contributed by atoms with Crippen molar-refractivity contribution in [2.24, 2.45) is 11.7 Å². The van der Waals surface area contributed by atoms with Gasteiger partial charge in [-0.25, -0.2) is 0 Å². The average molecular weight is 289 g/mol. The van der Waals surface area contributed by atoms with Gasteiger partial charge in [0, 0.05) is 18.9 Å². The van der Waals surface area contributed by atoms with Crippen molar-refractivity contribution in [2.45, 2.75) is 45.1 Å². The van der Waals surface area contributed by atoms with E-state index in [4.69, 9.17) is 10.3 Å². The molecule has 1 aliphatic carbocycles. The van der Waals surface area contributed by atoms with Crippen LogP contribution in [0, 0.1) is 5.92 Å². The summed E-state index contributed by atoms with van der Waals surface area (Å²) in [7, 11) is 0. The number of carbonyl (C=O) groups excluding carboxylic acids is 1. The lowest BCUT2D eigenvalue weighted by Gasteiger charge is -2.18. The number of nitrogens with zero attached hydrogens (tertiary/aromatic N) is 2. The first kappa shape index (κ1) is 15.9. The number of hydrogen-bond donors (Lipinski definition) is 2. The van der Waals surface area contributed by atoms with Crippen molar-refractivity contribution in [3.63, 3.8) is 0 Å². The van der Waals surface area contributed by atoms with Gasteiger partial charge >= 0.3 is 0 Å². The molecule has 7 heteroatoms. The molecular formula is C12H21ClN4O2. The lowest BCUT2D eigenvalue weighted by Crippen LogP contribution is -2.33. The van der Waals surface area contributed by atoms with Gasteiger partial charge in [-0.3, -0.25) is 4.79 Å². The molecule has 6 nitrogen and oxygen atoms in total. The van der Waals surface area contributed by atoms with E-state index < -0.39 is 0 Å². The minimum Gasteiger partial charge on any atom is -0.344 e. The molecule has 108 valence electrons. The molecule has 1 heterocycles. The number of nitrogens with one attached hydrogen (secondary N) is 1. The highest BCUT2D eigenvalue weighted by molar-refractivity contribution is 5.85. The van der Waals surface area contributed by atoms with Crippen LogP contribution in [0.4, 0.5) is 0 Å². The van der Waals surface area contributed by atoms with Crippen molar-refractivity contribution in [2.75, 3.05) is 6.54 Å². The van der Waals surface area contributed by atoms with Crippen molar-refractivity contribution in [3.05, 3.63) is 11.7 Å². The fourth-order valence-electron chi connectivity index (χ4n) is 1.77. The summed E-state index contributed by atoms with van der Waals surface area (Å²) >= 11 is 0. The quantitative estimate of drug-likeness (QED) is 0.828. The SMILES string of the molecule is CC(C)C(NC(=O)CCN)c1nc(C2CC2)no1.Cl. The summed E-state index contributed by atoms with van der Waals surface area (Å²) in [5, 5.41) is 6.86. The van der Waals surface area contributed by atoms with Gasteiger partial charge in [0.25, 0.3) is 0 Å². The van der Waals surface area contributed by atoms with E-state index in [2.05, 4.69) is 15.5 Å². The Morgan fingerprint density at radius 3 is 2.74 bits per heavy atom. The number of carbonyl (C=O) groups is 1. The molecule has 1 saturated carbocycles. The zero-order valence-electron chi connectivity index (χ0n) is 11.3. The van der Waals surface area contributed by atoms with E-state index in [9.17, 15) is 4.79 Å². The molecule has 3 N–H and O–H groups in total. The van der Waals surface area contributed by atoms with Gasteiger partial charge in [-0.15, -0.1) is 12.4 Å². The van der Waals surface area contributed by atoms with Crippen molar-refractivity contribution in [1.82, 2.24) is 15.5 Å². The first-order valence-electron chi connectivity index (χ1n) is 6.44. The van der Waals surface area contributed by atoms with E-state index in [1.54, 1.807) is 0 Å². The number of nitrogens with two attached hydrogens (primary N) is 1. The van der Waals surface area contributed by atoms with Crippen LogP contribution in [0.1, 0.15) is 56.8 Å². The molecule has 0 bridgehead atoms. The number of halogens is 1. The third-order valence-electron chi connectivity index (χ3n) is 3.02. The minimum atomic E-state index is -0.232. The zero-order valence-corrected chi connectivity index (χ0v) is 12.1. The van der Waals surface area contributed by atoms with Gasteiger partial charge in [0.1, 0.15) is 6.04 Å². The van der Waals surface area contributed by atoms with E-state index >= 15 is 0 Å². The lowest BCUT2D eigenvalue weighted by molar-refractivity contribution is -0.122. The van der Waals surface area contributed by atoms with Crippen LogP contribution < -0.4 is 11.1 Å². The maximum atomic E-state index is 11.6. The smallest absolute Gasteiger partial charge is 0.249 e. The summed E-state index contributed by atoms with van der Waals surface area (Å²) < 4.78 is 5.26. The second-order valence-corrected chi connectivity index (χ2v) is 5.09. The highest BCUT2D eigenvalue weighted by atomic mass is 35.5. The average Bonchev–Trinajstić information content (AvgIpc) is 3.05. The molecule has 0 saturated heterocycles. The van der Waals surface area contributed by atoms with Crippen LogP contribution in [0.25, 0.3) is 0 Å². The van der Waals surface area contributed by atoms with Crippen molar-refractivity contribution in [3.8, 4) is 0 Å². The Labute approximate surface area is 118 Å². The number of aromatic nitrogens is 2. The highest BCUT2D eigenvalue weighted by Crippen LogP contribution is 2.38. The molecule has 0 aliphatic heterocycles. The van der Waals surface area contributed by atoms with Gasteiger partial charge in [-0.1, -0.05) is 19.0 Å². The van der Waals surface area contributed by atoms with E-state index in [0.29, 0.717) is 24.8 Å². The summed E-state index contributed by atoms with van der Waals surface area (Å²) in [6, 6.07) is -0.232. The van der Waals surface area contributed by atoms with Crippen molar-refractivity contribution >= 4 is 18.3 Å². The third-order valence-corrected chi connectivity index (χ3v) is 3.02. The molecular weight excluding hydrogens is 268 g/mol. The number of hydrogen-bond acceptors (Lipinski definition) is 5. The van der Waals surface area contributed by atoms with E-state index in [1.165, 1.54) is 0 Å². The largest absolute Gasteiger partial charge is 0.344 e. The fourth-order valence-corrected chi connectivity index (χ4v) is 1.77. The molecule has 0 spiro atoms. The summed E-state index contributed by atoms with van der Waals surface area (Å²) in [5.41, 5.74) is 5.36. The molecule has 0 radical (unpaired) electrons. The normalized spacial score (nSPS) is 16.0. The summed E-state index contributed by atoms with van der Waals surface area (Å²) in [6.45, 7) is 4.36.